The van der Waals surface area contributed by atoms with Gasteiger partial charge in [0.25, 0.3) is 11.8 Å². The zero-order valence-electron chi connectivity index (χ0n) is 12.0. The lowest BCUT2D eigenvalue weighted by molar-refractivity contribution is -0.128. The van der Waals surface area contributed by atoms with Gasteiger partial charge >= 0.3 is 0 Å². The van der Waals surface area contributed by atoms with Crippen molar-refractivity contribution in [3.63, 3.8) is 0 Å². The SMILES string of the molecule is Cc1ccccc1OCC(=O)NNC(=O)C=Cc1cccs1. The lowest BCUT2D eigenvalue weighted by Crippen LogP contribution is -2.43. The first-order valence-electron chi connectivity index (χ1n) is 6.64. The molecule has 2 amide bonds. The maximum Gasteiger partial charge on any atom is 0.276 e. The molecule has 0 radical (unpaired) electrons. The Bertz CT molecular complexity index is 666. The highest BCUT2D eigenvalue weighted by Crippen LogP contribution is 2.15. The van der Waals surface area contributed by atoms with Crippen LogP contribution in [0.4, 0.5) is 0 Å². The van der Waals surface area contributed by atoms with Gasteiger partial charge in [-0.3, -0.25) is 20.4 Å². The number of hydrazine groups is 1. The number of ether oxygens (including phenoxy) is 1. The second-order valence-electron chi connectivity index (χ2n) is 4.44. The molecule has 0 aliphatic heterocycles. The largest absolute Gasteiger partial charge is 0.483 e. The maximum absolute atomic E-state index is 11.6. The van der Waals surface area contributed by atoms with E-state index in [1.807, 2.05) is 42.6 Å². The van der Waals surface area contributed by atoms with Gasteiger partial charge in [0, 0.05) is 11.0 Å². The smallest absolute Gasteiger partial charge is 0.276 e. The Hall–Kier alpha value is -2.60. The molecule has 0 saturated heterocycles. The number of amides is 2. The minimum Gasteiger partial charge on any atom is -0.483 e. The van der Waals surface area contributed by atoms with Crippen LogP contribution in [0.1, 0.15) is 10.4 Å². The standard InChI is InChI=1S/C16H16N2O3S/c1-12-5-2-3-7-14(12)21-11-16(20)18-17-15(19)9-8-13-6-4-10-22-13/h2-10H,11H2,1H3,(H,17,19)(H,18,20). The summed E-state index contributed by atoms with van der Waals surface area (Å²) in [6.45, 7) is 1.73. The number of para-hydroxylation sites is 1. The summed E-state index contributed by atoms with van der Waals surface area (Å²) in [4.78, 5) is 24.1. The van der Waals surface area contributed by atoms with Crippen molar-refractivity contribution < 1.29 is 14.3 Å². The van der Waals surface area contributed by atoms with Gasteiger partial charge in [-0.1, -0.05) is 24.3 Å². The molecule has 0 aliphatic carbocycles. The van der Waals surface area contributed by atoms with Crippen LogP contribution in [0, 0.1) is 6.92 Å². The lowest BCUT2D eigenvalue weighted by Gasteiger charge is -2.09. The van der Waals surface area contributed by atoms with E-state index in [-0.39, 0.29) is 6.61 Å². The van der Waals surface area contributed by atoms with E-state index in [4.69, 9.17) is 4.74 Å². The van der Waals surface area contributed by atoms with Crippen LogP contribution in [0.3, 0.4) is 0 Å². The molecule has 0 aliphatic rings. The summed E-state index contributed by atoms with van der Waals surface area (Å²) in [6, 6.07) is 11.2. The van der Waals surface area contributed by atoms with Crippen LogP contribution in [0.2, 0.25) is 0 Å². The molecule has 22 heavy (non-hydrogen) atoms. The highest BCUT2D eigenvalue weighted by molar-refractivity contribution is 7.10. The van der Waals surface area contributed by atoms with Gasteiger partial charge in [0.2, 0.25) is 0 Å². The topological polar surface area (TPSA) is 67.4 Å². The molecule has 0 bridgehead atoms. The van der Waals surface area contributed by atoms with E-state index < -0.39 is 11.8 Å². The fraction of sp³-hybridized carbons (Fsp3) is 0.125. The summed E-state index contributed by atoms with van der Waals surface area (Å²) in [5.74, 6) is -0.194. The molecule has 114 valence electrons. The Morgan fingerprint density at radius 2 is 2.00 bits per heavy atom. The van der Waals surface area contributed by atoms with E-state index in [0.717, 1.165) is 10.4 Å². The predicted octanol–water partition coefficient (Wildman–Crippen LogP) is 2.30. The van der Waals surface area contributed by atoms with Crippen LogP contribution in [-0.2, 0) is 9.59 Å². The molecule has 0 saturated carbocycles. The van der Waals surface area contributed by atoms with Gasteiger partial charge < -0.3 is 4.74 Å². The average Bonchev–Trinajstić information content (AvgIpc) is 3.03. The van der Waals surface area contributed by atoms with Gasteiger partial charge in [0.1, 0.15) is 5.75 Å². The molecule has 2 rings (SSSR count). The molecule has 2 aromatic rings. The van der Waals surface area contributed by atoms with Crippen LogP contribution in [-0.4, -0.2) is 18.4 Å². The zero-order chi connectivity index (χ0) is 15.8. The van der Waals surface area contributed by atoms with Crippen molar-refractivity contribution in [3.05, 3.63) is 58.3 Å². The van der Waals surface area contributed by atoms with E-state index in [2.05, 4.69) is 10.9 Å². The molecule has 0 atom stereocenters. The number of hydrogen-bond donors (Lipinski definition) is 2. The molecule has 2 N–H and O–H groups in total. The minimum atomic E-state index is -0.430. The second kappa shape index (κ2) is 7.99. The van der Waals surface area contributed by atoms with Gasteiger partial charge in [0.15, 0.2) is 6.61 Å². The summed E-state index contributed by atoms with van der Waals surface area (Å²) in [5, 5.41) is 1.92. The van der Waals surface area contributed by atoms with Crippen molar-refractivity contribution in [2.24, 2.45) is 0 Å². The molecule has 5 nitrogen and oxygen atoms in total. The predicted molar refractivity (Wildman–Crippen MR) is 86.3 cm³/mol. The van der Waals surface area contributed by atoms with Crippen LogP contribution >= 0.6 is 11.3 Å². The highest BCUT2D eigenvalue weighted by atomic mass is 32.1. The van der Waals surface area contributed by atoms with Crippen LogP contribution in [0.5, 0.6) is 5.75 Å². The van der Waals surface area contributed by atoms with E-state index in [0.29, 0.717) is 5.75 Å². The summed E-state index contributed by atoms with van der Waals surface area (Å²) in [6.07, 6.45) is 3.03. The summed E-state index contributed by atoms with van der Waals surface area (Å²) in [7, 11) is 0. The first-order chi connectivity index (χ1) is 10.6. The second-order valence-corrected chi connectivity index (χ2v) is 5.42. The van der Waals surface area contributed by atoms with Crippen molar-refractivity contribution in [1.29, 1.82) is 0 Å². The maximum atomic E-state index is 11.6. The minimum absolute atomic E-state index is 0.167. The number of benzene rings is 1. The van der Waals surface area contributed by atoms with Crippen LogP contribution in [0.25, 0.3) is 6.08 Å². The first-order valence-corrected chi connectivity index (χ1v) is 7.52. The molecule has 0 fully saturated rings. The Balaban J connectivity index is 1.71. The van der Waals surface area contributed by atoms with Crippen LogP contribution < -0.4 is 15.6 Å². The van der Waals surface area contributed by atoms with E-state index in [1.54, 1.807) is 12.1 Å². The summed E-state index contributed by atoms with van der Waals surface area (Å²) >= 11 is 1.52. The van der Waals surface area contributed by atoms with Crippen molar-refractivity contribution in [2.75, 3.05) is 6.61 Å². The molecule has 1 aromatic carbocycles. The van der Waals surface area contributed by atoms with Gasteiger partial charge in [-0.15, -0.1) is 11.3 Å². The number of carbonyl (C=O) groups excluding carboxylic acids is 2. The fourth-order valence-corrected chi connectivity index (χ4v) is 2.23. The Morgan fingerprint density at radius 1 is 1.18 bits per heavy atom. The summed E-state index contributed by atoms with van der Waals surface area (Å²) in [5.41, 5.74) is 5.53. The number of hydrogen-bond acceptors (Lipinski definition) is 4. The van der Waals surface area contributed by atoms with Crippen molar-refractivity contribution in [1.82, 2.24) is 10.9 Å². The number of thiophene rings is 1. The fourth-order valence-electron chi connectivity index (χ4n) is 1.61. The Labute approximate surface area is 132 Å². The Morgan fingerprint density at radius 3 is 2.73 bits per heavy atom. The normalized spacial score (nSPS) is 10.4. The molecular formula is C16H16N2O3S. The van der Waals surface area contributed by atoms with Gasteiger partial charge in [-0.2, -0.15) is 0 Å². The molecule has 1 aromatic heterocycles. The molecule has 0 spiro atoms. The summed E-state index contributed by atoms with van der Waals surface area (Å²) < 4.78 is 5.37. The van der Waals surface area contributed by atoms with Gasteiger partial charge in [0.05, 0.1) is 0 Å². The number of rotatable bonds is 5. The monoisotopic (exact) mass is 316 g/mol. The molecule has 1 heterocycles. The molecular weight excluding hydrogens is 300 g/mol. The third-order valence-electron chi connectivity index (χ3n) is 2.72. The average molecular weight is 316 g/mol. The first kappa shape index (κ1) is 15.8. The third-order valence-corrected chi connectivity index (χ3v) is 3.56. The molecule has 0 unspecified atom stereocenters. The van der Waals surface area contributed by atoms with E-state index in [9.17, 15) is 9.59 Å². The van der Waals surface area contributed by atoms with Crippen molar-refractivity contribution in [2.45, 2.75) is 6.92 Å². The van der Waals surface area contributed by atoms with Gasteiger partial charge in [-0.05, 0) is 36.1 Å². The van der Waals surface area contributed by atoms with Crippen molar-refractivity contribution >= 4 is 29.2 Å². The number of aryl methyl sites for hydroxylation is 1. The zero-order valence-corrected chi connectivity index (χ0v) is 12.9. The van der Waals surface area contributed by atoms with E-state index >= 15 is 0 Å². The Kier molecular flexibility index (Phi) is 5.73. The lowest BCUT2D eigenvalue weighted by atomic mass is 10.2. The van der Waals surface area contributed by atoms with E-state index in [1.165, 1.54) is 17.4 Å². The number of nitrogens with one attached hydrogen (secondary N) is 2. The van der Waals surface area contributed by atoms with Crippen LogP contribution in [0.15, 0.2) is 47.9 Å². The third kappa shape index (κ3) is 5.06. The highest BCUT2D eigenvalue weighted by Gasteiger charge is 2.05. The van der Waals surface area contributed by atoms with Crippen molar-refractivity contribution in [3.8, 4) is 5.75 Å². The number of carbonyl (C=O) groups is 2. The molecule has 6 heteroatoms. The quantitative estimate of drug-likeness (QED) is 0.657. The van der Waals surface area contributed by atoms with Gasteiger partial charge in [-0.25, -0.2) is 0 Å².